The van der Waals surface area contributed by atoms with E-state index in [1.807, 2.05) is 24.3 Å². The SMILES string of the molecule is CCC(Nc1cnn(CC(N)=O)c1)c1ccccc1OC. The number of ether oxygens (including phenoxy) is 1. The van der Waals surface area contributed by atoms with Crippen LogP contribution in [0, 0.1) is 0 Å². The van der Waals surface area contributed by atoms with Gasteiger partial charge in [-0.05, 0) is 12.5 Å². The molecule has 112 valence electrons. The molecule has 1 heterocycles. The van der Waals surface area contributed by atoms with Gasteiger partial charge in [-0.25, -0.2) is 0 Å². The number of para-hydroxylation sites is 1. The molecule has 2 rings (SSSR count). The van der Waals surface area contributed by atoms with E-state index in [-0.39, 0.29) is 12.6 Å². The molecule has 0 fully saturated rings. The van der Waals surface area contributed by atoms with Crippen molar-refractivity contribution in [1.82, 2.24) is 9.78 Å². The summed E-state index contributed by atoms with van der Waals surface area (Å²) in [4.78, 5) is 10.9. The number of carbonyl (C=O) groups excluding carboxylic acids is 1. The number of anilines is 1. The number of amides is 1. The molecule has 1 unspecified atom stereocenters. The van der Waals surface area contributed by atoms with Gasteiger partial charge in [0.05, 0.1) is 25.0 Å². The summed E-state index contributed by atoms with van der Waals surface area (Å²) >= 11 is 0. The lowest BCUT2D eigenvalue weighted by atomic mass is 10.0. The van der Waals surface area contributed by atoms with E-state index >= 15 is 0 Å². The van der Waals surface area contributed by atoms with E-state index in [2.05, 4.69) is 17.3 Å². The van der Waals surface area contributed by atoms with Crippen molar-refractivity contribution in [2.24, 2.45) is 5.73 Å². The highest BCUT2D eigenvalue weighted by Crippen LogP contribution is 2.29. The van der Waals surface area contributed by atoms with Gasteiger partial charge in [0, 0.05) is 11.8 Å². The first kappa shape index (κ1) is 14.9. The Morgan fingerprint density at radius 1 is 1.48 bits per heavy atom. The summed E-state index contributed by atoms with van der Waals surface area (Å²) in [6.45, 7) is 2.17. The van der Waals surface area contributed by atoms with Gasteiger partial charge in [0.15, 0.2) is 0 Å². The van der Waals surface area contributed by atoms with Gasteiger partial charge in [-0.2, -0.15) is 5.10 Å². The molecule has 1 aromatic carbocycles. The molecule has 0 radical (unpaired) electrons. The van der Waals surface area contributed by atoms with Crippen molar-refractivity contribution in [3.05, 3.63) is 42.2 Å². The molecule has 1 atom stereocenters. The molecule has 21 heavy (non-hydrogen) atoms. The zero-order valence-corrected chi connectivity index (χ0v) is 12.2. The van der Waals surface area contributed by atoms with Crippen LogP contribution in [0.3, 0.4) is 0 Å². The largest absolute Gasteiger partial charge is 0.496 e. The van der Waals surface area contributed by atoms with Gasteiger partial charge in [-0.15, -0.1) is 0 Å². The van der Waals surface area contributed by atoms with Gasteiger partial charge in [0.25, 0.3) is 0 Å². The van der Waals surface area contributed by atoms with Crippen molar-refractivity contribution in [3.8, 4) is 5.75 Å². The molecule has 1 aromatic heterocycles. The maximum Gasteiger partial charge on any atom is 0.239 e. The Hall–Kier alpha value is -2.50. The first-order valence-corrected chi connectivity index (χ1v) is 6.84. The van der Waals surface area contributed by atoms with E-state index in [0.717, 1.165) is 23.4 Å². The number of rotatable bonds is 7. The molecule has 0 bridgehead atoms. The number of primary amides is 1. The average molecular weight is 288 g/mol. The summed E-state index contributed by atoms with van der Waals surface area (Å²) < 4.78 is 6.92. The smallest absolute Gasteiger partial charge is 0.239 e. The minimum atomic E-state index is -0.415. The Balaban J connectivity index is 2.15. The lowest BCUT2D eigenvalue weighted by molar-refractivity contribution is -0.118. The fraction of sp³-hybridized carbons (Fsp3) is 0.333. The first-order valence-electron chi connectivity index (χ1n) is 6.84. The molecule has 6 nitrogen and oxygen atoms in total. The molecule has 0 spiro atoms. The first-order chi connectivity index (χ1) is 10.1. The third kappa shape index (κ3) is 3.75. The van der Waals surface area contributed by atoms with Gasteiger partial charge in [0.2, 0.25) is 5.91 Å². The van der Waals surface area contributed by atoms with Crippen LogP contribution in [0.15, 0.2) is 36.7 Å². The quantitative estimate of drug-likeness (QED) is 0.815. The Morgan fingerprint density at radius 2 is 2.24 bits per heavy atom. The molecule has 1 amide bonds. The molecule has 0 aliphatic heterocycles. The van der Waals surface area contributed by atoms with Crippen molar-refractivity contribution in [3.63, 3.8) is 0 Å². The second-order valence-electron chi connectivity index (χ2n) is 4.74. The predicted molar refractivity (Wildman–Crippen MR) is 81.1 cm³/mol. The van der Waals surface area contributed by atoms with Gasteiger partial charge in [0.1, 0.15) is 12.3 Å². The van der Waals surface area contributed by atoms with Crippen LogP contribution in [-0.2, 0) is 11.3 Å². The molecule has 0 saturated carbocycles. The van der Waals surface area contributed by atoms with Crippen LogP contribution in [0.4, 0.5) is 5.69 Å². The van der Waals surface area contributed by atoms with Crippen LogP contribution in [-0.4, -0.2) is 22.8 Å². The predicted octanol–water partition coefficient (Wildman–Crippen LogP) is 1.94. The second kappa shape index (κ2) is 6.78. The zero-order chi connectivity index (χ0) is 15.2. The number of nitrogens with one attached hydrogen (secondary N) is 1. The number of methoxy groups -OCH3 is 1. The maximum absolute atomic E-state index is 10.9. The van der Waals surface area contributed by atoms with Crippen molar-refractivity contribution >= 4 is 11.6 Å². The Morgan fingerprint density at radius 3 is 2.90 bits per heavy atom. The minimum absolute atomic E-state index is 0.0765. The molecule has 6 heteroatoms. The van der Waals surface area contributed by atoms with Gasteiger partial charge >= 0.3 is 0 Å². The van der Waals surface area contributed by atoms with Crippen LogP contribution < -0.4 is 15.8 Å². The Labute approximate surface area is 123 Å². The van der Waals surface area contributed by atoms with E-state index in [1.165, 1.54) is 4.68 Å². The monoisotopic (exact) mass is 288 g/mol. The Kier molecular flexibility index (Phi) is 4.81. The third-order valence-corrected chi connectivity index (χ3v) is 3.21. The van der Waals surface area contributed by atoms with E-state index in [0.29, 0.717) is 0 Å². The van der Waals surface area contributed by atoms with Crippen LogP contribution >= 0.6 is 0 Å². The second-order valence-corrected chi connectivity index (χ2v) is 4.74. The number of aromatic nitrogens is 2. The van der Waals surface area contributed by atoms with Crippen LogP contribution in [0.5, 0.6) is 5.75 Å². The highest BCUT2D eigenvalue weighted by atomic mass is 16.5. The molecule has 0 saturated heterocycles. The summed E-state index contributed by atoms with van der Waals surface area (Å²) in [6.07, 6.45) is 4.34. The number of hydrogen-bond acceptors (Lipinski definition) is 4. The van der Waals surface area contributed by atoms with Crippen molar-refractivity contribution in [2.45, 2.75) is 25.9 Å². The molecule has 0 aliphatic carbocycles. The van der Waals surface area contributed by atoms with Crippen molar-refractivity contribution in [2.75, 3.05) is 12.4 Å². The van der Waals surface area contributed by atoms with Gasteiger partial charge in [-0.1, -0.05) is 25.1 Å². The Bertz CT molecular complexity index is 609. The fourth-order valence-electron chi connectivity index (χ4n) is 2.24. The normalized spacial score (nSPS) is 11.9. The van der Waals surface area contributed by atoms with Crippen LogP contribution in [0.1, 0.15) is 24.9 Å². The summed E-state index contributed by atoms with van der Waals surface area (Å²) in [6, 6.07) is 8.01. The highest BCUT2D eigenvalue weighted by molar-refractivity contribution is 5.73. The lowest BCUT2D eigenvalue weighted by Gasteiger charge is -2.19. The number of nitrogens with two attached hydrogens (primary N) is 1. The van der Waals surface area contributed by atoms with E-state index in [4.69, 9.17) is 10.5 Å². The summed E-state index contributed by atoms with van der Waals surface area (Å²) in [5.41, 5.74) is 7.08. The molecular weight excluding hydrogens is 268 g/mol. The van der Waals surface area contributed by atoms with E-state index in [9.17, 15) is 4.79 Å². The van der Waals surface area contributed by atoms with Crippen LogP contribution in [0.25, 0.3) is 0 Å². The van der Waals surface area contributed by atoms with Crippen molar-refractivity contribution in [1.29, 1.82) is 0 Å². The number of benzene rings is 1. The van der Waals surface area contributed by atoms with Gasteiger partial charge < -0.3 is 15.8 Å². The standard InChI is InChI=1S/C15H20N4O2/c1-3-13(12-6-4-5-7-14(12)21-2)18-11-8-17-19(9-11)10-15(16)20/h4-9,13,18H,3,10H2,1-2H3,(H2,16,20). The topological polar surface area (TPSA) is 82.2 Å². The summed E-state index contributed by atoms with van der Waals surface area (Å²) in [5, 5.41) is 7.50. The average Bonchev–Trinajstić information content (AvgIpc) is 2.91. The van der Waals surface area contributed by atoms with Crippen LogP contribution in [0.2, 0.25) is 0 Å². The lowest BCUT2D eigenvalue weighted by Crippen LogP contribution is -2.18. The number of carbonyl (C=O) groups is 1. The summed E-state index contributed by atoms with van der Waals surface area (Å²) in [7, 11) is 1.66. The number of hydrogen-bond donors (Lipinski definition) is 2. The number of nitrogens with zero attached hydrogens (tertiary/aromatic N) is 2. The summed E-state index contributed by atoms with van der Waals surface area (Å²) in [5.74, 6) is 0.433. The fourth-order valence-corrected chi connectivity index (χ4v) is 2.24. The zero-order valence-electron chi connectivity index (χ0n) is 12.2. The molecule has 2 aromatic rings. The van der Waals surface area contributed by atoms with Gasteiger partial charge in [-0.3, -0.25) is 9.48 Å². The maximum atomic E-state index is 10.9. The van der Waals surface area contributed by atoms with E-state index in [1.54, 1.807) is 19.5 Å². The molecule has 0 aliphatic rings. The van der Waals surface area contributed by atoms with E-state index < -0.39 is 5.91 Å². The van der Waals surface area contributed by atoms with Crippen molar-refractivity contribution < 1.29 is 9.53 Å². The third-order valence-electron chi connectivity index (χ3n) is 3.21. The highest BCUT2D eigenvalue weighted by Gasteiger charge is 2.14. The molecular formula is C15H20N4O2. The molecule has 3 N–H and O–H groups in total. The minimum Gasteiger partial charge on any atom is -0.496 e.